The highest BCUT2D eigenvalue weighted by Gasteiger charge is 2.44. The number of benzene rings is 1. The van der Waals surface area contributed by atoms with Crippen LogP contribution in [0.15, 0.2) is 24.3 Å². The Morgan fingerprint density at radius 1 is 0.828 bits per heavy atom. The second-order valence-electron chi connectivity index (χ2n) is 9.85. The van der Waals surface area contributed by atoms with Gasteiger partial charge in [0, 0.05) is 0 Å². The van der Waals surface area contributed by atoms with Crippen LogP contribution in [0.1, 0.15) is 16.8 Å². The third-order valence-electron chi connectivity index (χ3n) is 3.68. The van der Waals surface area contributed by atoms with Gasteiger partial charge in [0.25, 0.3) is 0 Å². The molecule has 29 heavy (non-hydrogen) atoms. The maximum Gasteiger partial charge on any atom is 0.335 e. The van der Waals surface area contributed by atoms with Crippen molar-refractivity contribution in [3.05, 3.63) is 29.8 Å². The smallest absolute Gasteiger partial charge is 0.335 e. The topological polar surface area (TPSA) is 74.2 Å². The predicted molar refractivity (Wildman–Crippen MR) is 127 cm³/mol. The Bertz CT molecular complexity index is 667. The minimum Gasteiger partial charge on any atom is -0.494 e. The zero-order chi connectivity index (χ0) is 22.5. The van der Waals surface area contributed by atoms with Crippen molar-refractivity contribution in [2.75, 3.05) is 6.61 Å². The van der Waals surface area contributed by atoms with Crippen LogP contribution in [-0.2, 0) is 12.3 Å². The number of ether oxygens (including phenoxy) is 1. The van der Waals surface area contributed by atoms with Crippen LogP contribution in [0.25, 0.3) is 0 Å². The van der Waals surface area contributed by atoms with Crippen LogP contribution in [0.2, 0.25) is 65.0 Å². The van der Waals surface area contributed by atoms with Gasteiger partial charge < -0.3 is 22.2 Å². The average molecular weight is 475 g/mol. The summed E-state index contributed by atoms with van der Waals surface area (Å²) in [6.45, 7) is 20.0. The van der Waals surface area contributed by atoms with E-state index in [1.54, 1.807) is 24.3 Å². The highest BCUT2D eigenvalue weighted by Crippen LogP contribution is 2.28. The fourth-order valence-electron chi connectivity index (χ4n) is 3.33. The molecule has 10 heteroatoms. The molecular weight excluding hydrogens is 437 g/mol. The maximum absolute atomic E-state index is 10.9. The fourth-order valence-corrected chi connectivity index (χ4v) is 21.3. The molecule has 0 fully saturated rings. The first-order valence-electron chi connectivity index (χ1n) is 10.1. The molecule has 0 aromatic heterocycles. The van der Waals surface area contributed by atoms with E-state index in [2.05, 4.69) is 58.9 Å². The van der Waals surface area contributed by atoms with Gasteiger partial charge in [-0.2, -0.15) is 0 Å². The molecule has 1 aromatic rings. The lowest BCUT2D eigenvalue weighted by molar-refractivity contribution is 0.0696. The summed E-state index contributed by atoms with van der Waals surface area (Å²) in [5.41, 5.74) is 0.254. The minimum absolute atomic E-state index is 0.254. The second-order valence-corrected chi connectivity index (χ2v) is 26.3. The molecule has 0 spiro atoms. The number of hydrogen-bond acceptors (Lipinski definition) is 5. The lowest BCUT2D eigenvalue weighted by Gasteiger charge is -2.41. The Hall–Kier alpha value is -0.762. The summed E-state index contributed by atoms with van der Waals surface area (Å²) in [6.07, 6.45) is 0.811. The molecule has 1 unspecified atom stereocenters. The molecule has 1 N–H and O–H groups in total. The van der Waals surface area contributed by atoms with E-state index in [4.69, 9.17) is 22.2 Å². The molecule has 0 aliphatic heterocycles. The molecule has 0 saturated carbocycles. The Balaban J connectivity index is 2.71. The normalized spacial score (nSPS) is 15.1. The fraction of sp³-hybridized carbons (Fsp3) is 0.632. The molecule has 0 radical (unpaired) electrons. The number of aromatic carboxylic acids is 1. The summed E-state index contributed by atoms with van der Waals surface area (Å²) in [7, 11) is -8.18. The Morgan fingerprint density at radius 2 is 1.34 bits per heavy atom. The lowest BCUT2D eigenvalue weighted by atomic mass is 10.2. The average Bonchev–Trinajstić information content (AvgIpc) is 2.47. The van der Waals surface area contributed by atoms with Crippen LogP contribution in [0.5, 0.6) is 5.75 Å². The molecule has 0 aliphatic rings. The van der Waals surface area contributed by atoms with E-state index < -0.39 is 39.7 Å². The quantitative estimate of drug-likeness (QED) is 0.312. The van der Waals surface area contributed by atoms with E-state index in [0.717, 1.165) is 12.5 Å². The van der Waals surface area contributed by atoms with Gasteiger partial charge in [-0.05, 0) is 95.7 Å². The molecule has 0 saturated heterocycles. The molecule has 0 heterocycles. The monoisotopic (exact) mass is 474 g/mol. The summed E-state index contributed by atoms with van der Waals surface area (Å²) >= 11 is 0. The SMILES string of the molecule is C[Si](C)(C)O[Si](C)(C)O[Si](C)(CCCOc1ccc(C(=O)O)cc1)O[Si](C)(C)C. The third-order valence-corrected chi connectivity index (χ3v) is 17.2. The van der Waals surface area contributed by atoms with Crippen molar-refractivity contribution in [1.82, 2.24) is 0 Å². The van der Waals surface area contributed by atoms with E-state index in [1.165, 1.54) is 0 Å². The van der Waals surface area contributed by atoms with E-state index in [1.807, 2.05) is 0 Å². The number of carboxylic acids is 1. The van der Waals surface area contributed by atoms with Crippen molar-refractivity contribution >= 4 is 39.7 Å². The van der Waals surface area contributed by atoms with Crippen molar-refractivity contribution in [1.29, 1.82) is 0 Å². The summed E-state index contributed by atoms with van der Waals surface area (Å²) < 4.78 is 25.4. The van der Waals surface area contributed by atoms with Crippen molar-refractivity contribution < 1.29 is 27.0 Å². The van der Waals surface area contributed by atoms with E-state index in [-0.39, 0.29) is 5.56 Å². The largest absolute Gasteiger partial charge is 0.494 e. The summed E-state index contributed by atoms with van der Waals surface area (Å²) in [4.78, 5) is 10.9. The van der Waals surface area contributed by atoms with Crippen LogP contribution >= 0.6 is 0 Å². The van der Waals surface area contributed by atoms with Gasteiger partial charge in [-0.3, -0.25) is 0 Å². The maximum atomic E-state index is 10.9. The molecule has 6 nitrogen and oxygen atoms in total. The Labute approximate surface area is 180 Å². The Morgan fingerprint density at radius 3 is 1.79 bits per heavy atom. The third kappa shape index (κ3) is 11.3. The van der Waals surface area contributed by atoms with Gasteiger partial charge in [0.1, 0.15) is 5.75 Å². The summed E-state index contributed by atoms with van der Waals surface area (Å²) in [5.74, 6) is -0.270. The van der Waals surface area contributed by atoms with E-state index >= 15 is 0 Å². The number of hydrogen-bond donors (Lipinski definition) is 1. The van der Waals surface area contributed by atoms with Gasteiger partial charge in [0.05, 0.1) is 12.2 Å². The van der Waals surface area contributed by atoms with Crippen LogP contribution in [0.4, 0.5) is 0 Å². The van der Waals surface area contributed by atoms with E-state index in [9.17, 15) is 4.79 Å². The number of carbonyl (C=O) groups is 1. The van der Waals surface area contributed by atoms with Crippen molar-refractivity contribution in [2.24, 2.45) is 0 Å². The number of carboxylic acid groups (broad SMARTS) is 1. The zero-order valence-corrected chi connectivity index (χ0v) is 23.4. The molecule has 1 aromatic carbocycles. The molecular formula is C19H38O6Si4. The lowest BCUT2D eigenvalue weighted by Crippen LogP contribution is -2.56. The standard InChI is InChI=1S/C19H38O6Si4/c1-26(2,3)23-28(7,8)25-29(9,24-27(4,5)6)16-10-15-22-18-13-11-17(12-14-18)19(20)21/h11-14H,10,15-16H2,1-9H3,(H,20,21). The van der Waals surface area contributed by atoms with Crippen LogP contribution in [0, 0.1) is 0 Å². The van der Waals surface area contributed by atoms with Gasteiger partial charge >= 0.3 is 23.1 Å². The molecule has 1 rings (SSSR count). The highest BCUT2D eigenvalue weighted by molar-refractivity contribution is 6.89. The van der Waals surface area contributed by atoms with Crippen molar-refractivity contribution in [2.45, 2.75) is 71.4 Å². The van der Waals surface area contributed by atoms with Gasteiger partial charge in [0.2, 0.25) is 0 Å². The summed E-state index contributed by atoms with van der Waals surface area (Å²) in [5, 5.41) is 8.97. The predicted octanol–water partition coefficient (Wildman–Crippen LogP) is 5.65. The summed E-state index contributed by atoms with van der Waals surface area (Å²) in [6, 6.07) is 7.31. The molecule has 0 amide bonds. The van der Waals surface area contributed by atoms with Crippen LogP contribution in [-0.4, -0.2) is 51.4 Å². The van der Waals surface area contributed by atoms with Crippen molar-refractivity contribution in [3.63, 3.8) is 0 Å². The second kappa shape index (κ2) is 10.0. The van der Waals surface area contributed by atoms with Gasteiger partial charge in [-0.1, -0.05) is 0 Å². The number of rotatable bonds is 12. The van der Waals surface area contributed by atoms with Crippen LogP contribution < -0.4 is 4.74 Å². The van der Waals surface area contributed by atoms with Crippen LogP contribution in [0.3, 0.4) is 0 Å². The Kier molecular flexibility index (Phi) is 9.09. The minimum atomic E-state index is -2.42. The first kappa shape index (κ1) is 26.3. The molecule has 0 aliphatic carbocycles. The first-order chi connectivity index (χ1) is 13.0. The highest BCUT2D eigenvalue weighted by atomic mass is 28.5. The van der Waals surface area contributed by atoms with E-state index in [0.29, 0.717) is 12.4 Å². The first-order valence-corrected chi connectivity index (χ1v) is 22.2. The molecule has 0 bridgehead atoms. The van der Waals surface area contributed by atoms with Gasteiger partial charge in [-0.25, -0.2) is 4.79 Å². The zero-order valence-electron chi connectivity index (χ0n) is 19.4. The molecule has 166 valence electrons. The van der Waals surface area contributed by atoms with Crippen molar-refractivity contribution in [3.8, 4) is 5.75 Å². The van der Waals surface area contributed by atoms with Gasteiger partial charge in [0.15, 0.2) is 16.6 Å². The molecule has 1 atom stereocenters. The van der Waals surface area contributed by atoms with Gasteiger partial charge in [-0.15, -0.1) is 0 Å².